The van der Waals surface area contributed by atoms with E-state index in [2.05, 4.69) is 98.8 Å². The maximum Gasteiger partial charge on any atom is 0.275 e. The van der Waals surface area contributed by atoms with Crippen LogP contribution in [0, 0.1) is 10.1 Å². The summed E-state index contributed by atoms with van der Waals surface area (Å²) < 4.78 is 2.28. The Balaban J connectivity index is 1.56. The third-order valence-electron chi connectivity index (χ3n) is 7.61. The van der Waals surface area contributed by atoms with Crippen LogP contribution in [0.4, 0.5) is 17.1 Å². The fourth-order valence-electron chi connectivity index (χ4n) is 6.02. The summed E-state index contributed by atoms with van der Waals surface area (Å²) in [6.45, 7) is 8.67. The Kier molecular flexibility index (Phi) is 4.80. The average Bonchev–Trinajstić information content (AvgIpc) is 3.12. The molecule has 0 aliphatic carbocycles. The predicted octanol–water partition coefficient (Wildman–Crippen LogP) is 6.62. The zero-order valence-corrected chi connectivity index (χ0v) is 20.6. The van der Waals surface area contributed by atoms with Crippen LogP contribution in [0.15, 0.2) is 78.5 Å². The molecule has 2 aliphatic heterocycles. The first-order chi connectivity index (χ1) is 16.1. The summed E-state index contributed by atoms with van der Waals surface area (Å²) in [6.07, 6.45) is 6.37. The van der Waals surface area contributed by atoms with Gasteiger partial charge in [0.2, 0.25) is 5.69 Å². The van der Waals surface area contributed by atoms with Gasteiger partial charge < -0.3 is 4.90 Å². The number of nitro benzene ring substituents is 1. The standard InChI is InChI=1S/C29H30N3O2/c1-28(2)24(31(6)22-18-17-19-11-7-8-12-20(19)26(22)28)15-10-16-25-29(3,4)27-21(30(25)5)13-9-14-23(27)32(33)34/h7-18H,1-6H3/q+1. The Bertz CT molecular complexity index is 1460. The molecule has 0 amide bonds. The number of hydrogen-bond donors (Lipinski definition) is 0. The van der Waals surface area contributed by atoms with Crippen LogP contribution in [-0.4, -0.2) is 29.3 Å². The maximum atomic E-state index is 11.7. The molecule has 34 heavy (non-hydrogen) atoms. The van der Waals surface area contributed by atoms with Gasteiger partial charge in [0.1, 0.15) is 7.05 Å². The Morgan fingerprint density at radius 1 is 0.941 bits per heavy atom. The molecule has 172 valence electrons. The number of rotatable bonds is 3. The molecule has 3 aromatic rings. The van der Waals surface area contributed by atoms with E-state index in [9.17, 15) is 10.1 Å². The van der Waals surface area contributed by atoms with Gasteiger partial charge in [-0.25, -0.2) is 0 Å². The monoisotopic (exact) mass is 452 g/mol. The van der Waals surface area contributed by atoms with Crippen molar-refractivity contribution < 1.29 is 9.50 Å². The number of fused-ring (bicyclic) bond motifs is 4. The minimum atomic E-state index is -0.473. The van der Waals surface area contributed by atoms with Gasteiger partial charge in [0, 0.05) is 41.9 Å². The molecule has 2 heterocycles. The van der Waals surface area contributed by atoms with E-state index in [-0.39, 0.29) is 16.0 Å². The van der Waals surface area contributed by atoms with Crippen molar-refractivity contribution in [2.75, 3.05) is 19.0 Å². The molecule has 2 aliphatic rings. The van der Waals surface area contributed by atoms with E-state index >= 15 is 0 Å². The largest absolute Gasteiger partial charge is 0.347 e. The van der Waals surface area contributed by atoms with Gasteiger partial charge in [-0.05, 0) is 56.7 Å². The second-order valence-corrected chi connectivity index (χ2v) is 10.3. The molecule has 5 nitrogen and oxygen atoms in total. The van der Waals surface area contributed by atoms with E-state index in [0.29, 0.717) is 0 Å². The topological polar surface area (TPSA) is 49.4 Å². The summed E-state index contributed by atoms with van der Waals surface area (Å²) in [7, 11) is 4.11. The van der Waals surface area contributed by atoms with Gasteiger partial charge >= 0.3 is 0 Å². The molecule has 3 aromatic carbocycles. The van der Waals surface area contributed by atoms with Crippen molar-refractivity contribution in [2.24, 2.45) is 0 Å². The van der Waals surface area contributed by atoms with E-state index in [0.717, 1.165) is 16.9 Å². The van der Waals surface area contributed by atoms with Crippen molar-refractivity contribution in [1.82, 2.24) is 0 Å². The summed E-state index contributed by atoms with van der Waals surface area (Å²) in [5.41, 5.74) is 6.05. The summed E-state index contributed by atoms with van der Waals surface area (Å²) in [5.74, 6) is 0. The Labute approximate surface area is 200 Å². The van der Waals surface area contributed by atoms with Gasteiger partial charge in [-0.1, -0.05) is 36.4 Å². The third-order valence-corrected chi connectivity index (χ3v) is 7.61. The first-order valence-electron chi connectivity index (χ1n) is 11.6. The quantitative estimate of drug-likeness (QED) is 0.255. The number of nitro groups is 1. The highest BCUT2D eigenvalue weighted by molar-refractivity contribution is 6.07. The smallest absolute Gasteiger partial charge is 0.275 e. The fourth-order valence-corrected chi connectivity index (χ4v) is 6.02. The van der Waals surface area contributed by atoms with Gasteiger partial charge in [-0.3, -0.25) is 10.1 Å². The molecule has 0 atom stereocenters. The molecule has 0 unspecified atom stereocenters. The zero-order chi connectivity index (χ0) is 24.4. The molecule has 0 fully saturated rings. The van der Waals surface area contributed by atoms with Crippen LogP contribution in [0.5, 0.6) is 0 Å². The normalized spacial score (nSPS) is 19.4. The summed E-state index contributed by atoms with van der Waals surface area (Å²) in [5, 5.41) is 14.2. The molecule has 0 spiro atoms. The van der Waals surface area contributed by atoms with Gasteiger partial charge in [0.25, 0.3) is 5.69 Å². The highest BCUT2D eigenvalue weighted by Gasteiger charge is 2.45. The molecule has 0 radical (unpaired) electrons. The summed E-state index contributed by atoms with van der Waals surface area (Å²) in [4.78, 5) is 13.5. The van der Waals surface area contributed by atoms with E-state index in [1.807, 2.05) is 13.1 Å². The van der Waals surface area contributed by atoms with Gasteiger partial charge in [-0.2, -0.15) is 4.58 Å². The van der Waals surface area contributed by atoms with Crippen molar-refractivity contribution in [1.29, 1.82) is 0 Å². The number of likely N-dealkylation sites (N-methyl/N-ethyl adjacent to an activating group) is 1. The number of benzene rings is 3. The highest BCUT2D eigenvalue weighted by Crippen LogP contribution is 2.50. The highest BCUT2D eigenvalue weighted by atomic mass is 16.6. The van der Waals surface area contributed by atoms with Crippen molar-refractivity contribution >= 4 is 33.5 Å². The van der Waals surface area contributed by atoms with E-state index in [4.69, 9.17) is 0 Å². The fraction of sp³-hybridized carbons (Fsp3) is 0.276. The van der Waals surface area contributed by atoms with Crippen molar-refractivity contribution in [3.05, 3.63) is 99.8 Å². The van der Waals surface area contributed by atoms with E-state index in [1.54, 1.807) is 12.1 Å². The number of hydrogen-bond acceptors (Lipinski definition) is 3. The summed E-state index contributed by atoms with van der Waals surface area (Å²) >= 11 is 0. The van der Waals surface area contributed by atoms with Crippen LogP contribution in [-0.2, 0) is 10.8 Å². The predicted molar refractivity (Wildman–Crippen MR) is 140 cm³/mol. The van der Waals surface area contributed by atoms with Crippen LogP contribution in [0.25, 0.3) is 10.8 Å². The van der Waals surface area contributed by atoms with Crippen LogP contribution in [0.2, 0.25) is 0 Å². The van der Waals surface area contributed by atoms with Crippen LogP contribution in [0.1, 0.15) is 38.8 Å². The molecule has 5 heteroatoms. The van der Waals surface area contributed by atoms with Crippen molar-refractivity contribution in [2.45, 2.75) is 38.5 Å². The number of anilines is 1. The lowest BCUT2D eigenvalue weighted by molar-refractivity contribution is -0.401. The SMILES string of the molecule is CN1C(=CC=CC2=[N+](C)c3ccc4ccccc4c3C2(C)C)C(C)(C)c2c1cccc2[N+](=O)[O-]. The lowest BCUT2D eigenvalue weighted by Crippen LogP contribution is -2.27. The molecule has 0 bridgehead atoms. The molecule has 0 N–H and O–H groups in total. The molecule has 5 rings (SSSR count). The van der Waals surface area contributed by atoms with E-state index in [1.165, 1.54) is 27.7 Å². The molecular formula is C29H30N3O2+. The second-order valence-electron chi connectivity index (χ2n) is 10.3. The van der Waals surface area contributed by atoms with E-state index < -0.39 is 5.41 Å². The van der Waals surface area contributed by atoms with Crippen LogP contribution >= 0.6 is 0 Å². The lowest BCUT2D eigenvalue weighted by atomic mass is 9.79. The number of allylic oxidation sites excluding steroid dienone is 4. The van der Waals surface area contributed by atoms with Crippen molar-refractivity contribution in [3.8, 4) is 0 Å². The Morgan fingerprint density at radius 3 is 2.41 bits per heavy atom. The Hall–Kier alpha value is -3.73. The molecule has 0 aromatic heterocycles. The molecule has 0 saturated carbocycles. The zero-order valence-electron chi connectivity index (χ0n) is 20.6. The Morgan fingerprint density at radius 2 is 1.68 bits per heavy atom. The third kappa shape index (κ3) is 2.96. The second kappa shape index (κ2) is 7.39. The lowest BCUT2D eigenvalue weighted by Gasteiger charge is -2.23. The minimum absolute atomic E-state index is 0.154. The first kappa shape index (κ1) is 22.1. The maximum absolute atomic E-state index is 11.7. The number of nitrogens with zero attached hydrogens (tertiary/aromatic N) is 3. The minimum Gasteiger partial charge on any atom is -0.347 e. The van der Waals surface area contributed by atoms with Gasteiger partial charge in [-0.15, -0.1) is 0 Å². The van der Waals surface area contributed by atoms with Gasteiger partial charge in [0.05, 0.1) is 21.6 Å². The average molecular weight is 453 g/mol. The molecule has 0 saturated heterocycles. The van der Waals surface area contributed by atoms with Crippen LogP contribution in [0.3, 0.4) is 0 Å². The summed E-state index contributed by atoms with van der Waals surface area (Å²) in [6, 6.07) is 18.3. The first-order valence-corrected chi connectivity index (χ1v) is 11.6. The van der Waals surface area contributed by atoms with Gasteiger partial charge in [0.15, 0.2) is 5.71 Å². The van der Waals surface area contributed by atoms with Crippen LogP contribution < -0.4 is 4.90 Å². The molecular weight excluding hydrogens is 422 g/mol. The van der Waals surface area contributed by atoms with Crippen molar-refractivity contribution in [3.63, 3.8) is 0 Å².